The molecular weight excluding hydrogens is 420 g/mol. The van der Waals surface area contributed by atoms with Crippen molar-refractivity contribution in [3.63, 3.8) is 0 Å². The zero-order chi connectivity index (χ0) is 21.1. The van der Waals surface area contributed by atoms with E-state index in [9.17, 15) is 13.2 Å². The lowest BCUT2D eigenvalue weighted by Gasteiger charge is -2.09. The Morgan fingerprint density at radius 1 is 0.967 bits per heavy atom. The molecule has 2 heterocycles. The van der Waals surface area contributed by atoms with Crippen LogP contribution in [0.5, 0.6) is 0 Å². The molecule has 30 heavy (non-hydrogen) atoms. The predicted octanol–water partition coefficient (Wildman–Crippen LogP) is 4.36. The first kappa shape index (κ1) is 19.9. The van der Waals surface area contributed by atoms with Gasteiger partial charge in [-0.1, -0.05) is 24.3 Å². The van der Waals surface area contributed by atoms with Crippen molar-refractivity contribution in [1.82, 2.24) is 9.78 Å². The van der Waals surface area contributed by atoms with Crippen LogP contribution in [-0.2, 0) is 14.8 Å². The van der Waals surface area contributed by atoms with Gasteiger partial charge in [-0.15, -0.1) is 11.3 Å². The fourth-order valence-electron chi connectivity index (χ4n) is 2.89. The summed E-state index contributed by atoms with van der Waals surface area (Å²) in [6.07, 6.45) is 1.51. The van der Waals surface area contributed by atoms with Crippen molar-refractivity contribution < 1.29 is 13.2 Å². The zero-order valence-corrected chi connectivity index (χ0v) is 17.6. The lowest BCUT2D eigenvalue weighted by molar-refractivity contribution is -0.114. The zero-order valence-electron chi connectivity index (χ0n) is 15.9. The molecule has 0 atom stereocenters. The molecule has 7 nitrogen and oxygen atoms in total. The van der Waals surface area contributed by atoms with Gasteiger partial charge < -0.3 is 5.32 Å². The van der Waals surface area contributed by atoms with Gasteiger partial charge >= 0.3 is 0 Å². The Labute approximate surface area is 178 Å². The number of amides is 1. The van der Waals surface area contributed by atoms with Gasteiger partial charge in [-0.05, 0) is 47.8 Å². The van der Waals surface area contributed by atoms with E-state index >= 15 is 0 Å². The highest BCUT2D eigenvalue weighted by atomic mass is 32.2. The normalized spacial score (nSPS) is 11.2. The van der Waals surface area contributed by atoms with E-state index < -0.39 is 10.0 Å². The number of nitrogens with zero attached hydrogens (tertiary/aromatic N) is 2. The summed E-state index contributed by atoms with van der Waals surface area (Å²) in [6, 6.07) is 19.5. The first-order valence-electron chi connectivity index (χ1n) is 9.02. The van der Waals surface area contributed by atoms with Gasteiger partial charge in [0.1, 0.15) is 10.6 Å². The van der Waals surface area contributed by atoms with Crippen molar-refractivity contribution in [1.29, 1.82) is 0 Å². The number of sulfonamides is 1. The van der Waals surface area contributed by atoms with Gasteiger partial charge in [-0.25, -0.2) is 13.1 Å². The number of rotatable bonds is 6. The number of para-hydroxylation sites is 1. The third kappa shape index (κ3) is 4.27. The van der Waals surface area contributed by atoms with Crippen LogP contribution in [0.4, 0.5) is 11.4 Å². The van der Waals surface area contributed by atoms with Crippen molar-refractivity contribution in [2.45, 2.75) is 11.8 Å². The fraction of sp³-hybridized carbons (Fsp3) is 0.0476. The minimum atomic E-state index is -3.91. The van der Waals surface area contributed by atoms with Gasteiger partial charge in [-0.2, -0.15) is 5.10 Å². The molecule has 0 saturated carbocycles. The molecule has 9 heteroatoms. The maximum Gasteiger partial charge on any atom is 0.265 e. The summed E-state index contributed by atoms with van der Waals surface area (Å²) in [4.78, 5) is 12.0. The number of benzene rings is 2. The third-order valence-electron chi connectivity index (χ3n) is 4.20. The van der Waals surface area contributed by atoms with Crippen LogP contribution in [0, 0.1) is 0 Å². The molecule has 0 saturated heterocycles. The third-order valence-corrected chi connectivity index (χ3v) is 6.46. The maximum absolute atomic E-state index is 13.2. The highest BCUT2D eigenvalue weighted by Crippen LogP contribution is 2.31. The molecule has 4 rings (SSSR count). The molecule has 4 aromatic rings. The topological polar surface area (TPSA) is 93.1 Å². The second-order valence-corrected chi connectivity index (χ2v) is 9.06. The van der Waals surface area contributed by atoms with Gasteiger partial charge in [0.05, 0.1) is 16.8 Å². The largest absolute Gasteiger partial charge is 0.326 e. The summed E-state index contributed by atoms with van der Waals surface area (Å²) in [6.45, 7) is 1.41. The number of hydrogen-bond acceptors (Lipinski definition) is 5. The van der Waals surface area contributed by atoms with Gasteiger partial charge in [0.25, 0.3) is 10.0 Å². The molecule has 0 bridgehead atoms. The Morgan fingerprint density at radius 2 is 1.67 bits per heavy atom. The van der Waals surface area contributed by atoms with Crippen LogP contribution in [0.15, 0.2) is 83.2 Å². The Hall–Kier alpha value is -3.43. The van der Waals surface area contributed by atoms with Crippen molar-refractivity contribution in [3.8, 4) is 16.3 Å². The summed E-state index contributed by atoms with van der Waals surface area (Å²) in [5, 5.41) is 9.06. The van der Waals surface area contributed by atoms with Gasteiger partial charge in [-0.3, -0.25) is 9.52 Å². The summed E-state index contributed by atoms with van der Waals surface area (Å²) in [7, 11) is -3.91. The molecular formula is C21H18N4O3S2. The molecule has 0 aliphatic carbocycles. The number of thiophene rings is 1. The molecule has 152 valence electrons. The van der Waals surface area contributed by atoms with Gasteiger partial charge in [0, 0.05) is 18.3 Å². The van der Waals surface area contributed by atoms with Gasteiger partial charge in [0.15, 0.2) is 0 Å². The van der Waals surface area contributed by atoms with E-state index in [2.05, 4.69) is 15.1 Å². The van der Waals surface area contributed by atoms with E-state index in [0.29, 0.717) is 17.1 Å². The second kappa shape index (κ2) is 8.13. The van der Waals surface area contributed by atoms with E-state index in [1.807, 2.05) is 47.8 Å². The Morgan fingerprint density at radius 3 is 2.30 bits per heavy atom. The minimum Gasteiger partial charge on any atom is -0.326 e. The first-order valence-corrected chi connectivity index (χ1v) is 11.4. The number of aromatic nitrogens is 2. The molecule has 0 aliphatic heterocycles. The Bertz CT molecular complexity index is 1260. The quantitative estimate of drug-likeness (QED) is 0.468. The van der Waals surface area contributed by atoms with E-state index in [1.54, 1.807) is 28.9 Å². The SMILES string of the molecule is CC(=O)Nc1ccc(NS(=O)(=O)c2cn(-c3ccccc3)nc2-c2cccs2)cc1. The number of nitrogens with one attached hydrogen (secondary N) is 2. The van der Waals surface area contributed by atoms with E-state index in [-0.39, 0.29) is 10.8 Å². The molecule has 1 amide bonds. The maximum atomic E-state index is 13.2. The van der Waals surface area contributed by atoms with Crippen LogP contribution in [-0.4, -0.2) is 24.1 Å². The second-order valence-electron chi connectivity index (χ2n) is 6.46. The molecule has 0 spiro atoms. The minimum absolute atomic E-state index is 0.0831. The Kier molecular flexibility index (Phi) is 5.39. The lowest BCUT2D eigenvalue weighted by Crippen LogP contribution is -2.13. The summed E-state index contributed by atoms with van der Waals surface area (Å²) >= 11 is 1.42. The van der Waals surface area contributed by atoms with Crippen LogP contribution in [0.3, 0.4) is 0 Å². The van der Waals surface area contributed by atoms with Crippen LogP contribution in [0.25, 0.3) is 16.3 Å². The number of carbonyl (C=O) groups is 1. The van der Waals surface area contributed by atoms with Crippen LogP contribution in [0.2, 0.25) is 0 Å². The van der Waals surface area contributed by atoms with E-state index in [4.69, 9.17) is 0 Å². The summed E-state index contributed by atoms with van der Waals surface area (Å²) in [5.74, 6) is -0.197. The molecule has 0 aliphatic rings. The molecule has 2 aromatic heterocycles. The average molecular weight is 439 g/mol. The van der Waals surface area contributed by atoms with E-state index in [1.165, 1.54) is 24.5 Å². The molecule has 0 fully saturated rings. The number of anilines is 2. The standard InChI is InChI=1S/C21H18N4O3S2/c1-15(26)22-16-9-11-17(12-10-16)24-30(27,28)20-14-25(18-6-3-2-4-7-18)23-21(20)19-8-5-13-29-19/h2-14,24H,1H3,(H,22,26). The van der Waals surface area contributed by atoms with Crippen molar-refractivity contribution in [2.75, 3.05) is 10.0 Å². The lowest BCUT2D eigenvalue weighted by atomic mass is 10.3. The van der Waals surface area contributed by atoms with Crippen LogP contribution >= 0.6 is 11.3 Å². The van der Waals surface area contributed by atoms with Crippen molar-refractivity contribution >= 4 is 38.6 Å². The van der Waals surface area contributed by atoms with E-state index in [0.717, 1.165) is 10.6 Å². The number of hydrogen-bond donors (Lipinski definition) is 2. The molecule has 2 aromatic carbocycles. The summed E-state index contributed by atoms with van der Waals surface area (Å²) < 4.78 is 30.5. The molecule has 2 N–H and O–H groups in total. The smallest absolute Gasteiger partial charge is 0.265 e. The predicted molar refractivity (Wildman–Crippen MR) is 118 cm³/mol. The highest BCUT2D eigenvalue weighted by Gasteiger charge is 2.25. The first-order chi connectivity index (χ1) is 14.4. The van der Waals surface area contributed by atoms with Crippen molar-refractivity contribution in [2.24, 2.45) is 0 Å². The average Bonchev–Trinajstić information content (AvgIpc) is 3.40. The number of carbonyl (C=O) groups excluding carboxylic acids is 1. The van der Waals surface area contributed by atoms with Gasteiger partial charge in [0.2, 0.25) is 5.91 Å². The Balaban J connectivity index is 1.71. The van der Waals surface area contributed by atoms with Crippen LogP contribution in [0.1, 0.15) is 6.92 Å². The molecule has 0 radical (unpaired) electrons. The van der Waals surface area contributed by atoms with Crippen LogP contribution < -0.4 is 10.0 Å². The van der Waals surface area contributed by atoms with Crippen molar-refractivity contribution in [3.05, 3.63) is 78.3 Å². The highest BCUT2D eigenvalue weighted by molar-refractivity contribution is 7.92. The summed E-state index contributed by atoms with van der Waals surface area (Å²) in [5.41, 5.74) is 2.11. The monoisotopic (exact) mass is 438 g/mol. The fourth-order valence-corrected chi connectivity index (χ4v) is 4.87. The molecule has 0 unspecified atom stereocenters.